The summed E-state index contributed by atoms with van der Waals surface area (Å²) in [6.07, 6.45) is 0. The third-order valence-electron chi connectivity index (χ3n) is 2.67. The second kappa shape index (κ2) is 6.88. The van der Waals surface area contributed by atoms with Gasteiger partial charge in [-0.15, -0.1) is 0 Å². The molecule has 1 aromatic carbocycles. The summed E-state index contributed by atoms with van der Waals surface area (Å²) >= 11 is 0. The van der Waals surface area contributed by atoms with Gasteiger partial charge in [0.1, 0.15) is 0 Å². The Kier molecular flexibility index (Phi) is 4.91. The van der Waals surface area contributed by atoms with Crippen LogP contribution < -0.4 is 10.1 Å². The van der Waals surface area contributed by atoms with E-state index in [1.54, 1.807) is 19.2 Å². The van der Waals surface area contributed by atoms with Crippen molar-refractivity contribution in [3.63, 3.8) is 0 Å². The number of phenolic OH excluding ortho intramolecular Hbond substituents is 1. The summed E-state index contributed by atoms with van der Waals surface area (Å²) in [6.45, 7) is 1.81. The second-order valence-electron chi connectivity index (χ2n) is 4.07. The van der Waals surface area contributed by atoms with Crippen molar-refractivity contribution in [2.75, 3.05) is 27.4 Å². The van der Waals surface area contributed by atoms with Gasteiger partial charge in [-0.2, -0.15) is 4.98 Å². The van der Waals surface area contributed by atoms with Crippen LogP contribution in [0.25, 0.3) is 11.4 Å². The largest absolute Gasteiger partial charge is 0.504 e. The number of ether oxygens (including phenoxy) is 2. The minimum Gasteiger partial charge on any atom is -0.504 e. The Hall–Kier alpha value is -2.12. The Labute approximate surface area is 116 Å². The Balaban J connectivity index is 2.04. The van der Waals surface area contributed by atoms with Crippen LogP contribution in [0.3, 0.4) is 0 Å². The molecule has 0 unspecified atom stereocenters. The van der Waals surface area contributed by atoms with Crippen molar-refractivity contribution < 1.29 is 19.1 Å². The molecule has 20 heavy (non-hydrogen) atoms. The van der Waals surface area contributed by atoms with E-state index in [0.29, 0.717) is 42.7 Å². The molecular formula is C13H17N3O4. The topological polar surface area (TPSA) is 89.6 Å². The summed E-state index contributed by atoms with van der Waals surface area (Å²) in [5.41, 5.74) is 0.714. The van der Waals surface area contributed by atoms with Gasteiger partial charge in [0.2, 0.25) is 11.7 Å². The molecule has 0 aliphatic carbocycles. The molecule has 0 saturated carbocycles. The summed E-state index contributed by atoms with van der Waals surface area (Å²) in [4.78, 5) is 4.26. The van der Waals surface area contributed by atoms with Crippen molar-refractivity contribution in [1.82, 2.24) is 15.5 Å². The lowest BCUT2D eigenvalue weighted by molar-refractivity contribution is 0.197. The van der Waals surface area contributed by atoms with Crippen molar-refractivity contribution in [2.24, 2.45) is 0 Å². The Morgan fingerprint density at radius 2 is 2.20 bits per heavy atom. The van der Waals surface area contributed by atoms with E-state index in [1.165, 1.54) is 13.2 Å². The molecule has 7 nitrogen and oxygen atoms in total. The van der Waals surface area contributed by atoms with Gasteiger partial charge in [0.25, 0.3) is 0 Å². The van der Waals surface area contributed by atoms with E-state index in [4.69, 9.17) is 14.0 Å². The predicted molar refractivity (Wildman–Crippen MR) is 71.5 cm³/mol. The van der Waals surface area contributed by atoms with Gasteiger partial charge in [-0.3, -0.25) is 0 Å². The molecule has 2 rings (SSSR count). The molecule has 0 saturated heterocycles. The summed E-state index contributed by atoms with van der Waals surface area (Å²) in [5.74, 6) is 1.38. The van der Waals surface area contributed by atoms with E-state index >= 15 is 0 Å². The second-order valence-corrected chi connectivity index (χ2v) is 4.07. The Morgan fingerprint density at radius 3 is 2.95 bits per heavy atom. The maximum atomic E-state index is 9.54. The van der Waals surface area contributed by atoms with E-state index in [-0.39, 0.29) is 5.75 Å². The molecule has 108 valence electrons. The van der Waals surface area contributed by atoms with Crippen molar-refractivity contribution in [3.05, 3.63) is 24.1 Å². The van der Waals surface area contributed by atoms with Crippen molar-refractivity contribution in [3.8, 4) is 22.9 Å². The van der Waals surface area contributed by atoms with Crippen LogP contribution in [0.5, 0.6) is 11.5 Å². The predicted octanol–water partition coefficient (Wildman–Crippen LogP) is 1.19. The maximum absolute atomic E-state index is 9.54. The normalized spacial score (nSPS) is 10.7. The van der Waals surface area contributed by atoms with E-state index < -0.39 is 0 Å². The van der Waals surface area contributed by atoms with Crippen LogP contribution >= 0.6 is 0 Å². The molecule has 0 bridgehead atoms. The van der Waals surface area contributed by atoms with Gasteiger partial charge >= 0.3 is 0 Å². The average molecular weight is 279 g/mol. The number of hydrogen-bond donors (Lipinski definition) is 2. The van der Waals surface area contributed by atoms with Crippen LogP contribution in [-0.4, -0.2) is 42.6 Å². The van der Waals surface area contributed by atoms with Crippen LogP contribution in [0.1, 0.15) is 5.89 Å². The lowest BCUT2D eigenvalue weighted by atomic mass is 10.2. The van der Waals surface area contributed by atoms with Gasteiger partial charge in [-0.05, 0) is 18.2 Å². The van der Waals surface area contributed by atoms with Gasteiger partial charge in [-0.1, -0.05) is 5.16 Å². The molecule has 0 aliphatic rings. The van der Waals surface area contributed by atoms with Crippen LogP contribution in [-0.2, 0) is 11.3 Å². The lowest BCUT2D eigenvalue weighted by Crippen LogP contribution is -2.18. The first-order chi connectivity index (χ1) is 9.74. The van der Waals surface area contributed by atoms with Crippen LogP contribution in [0.4, 0.5) is 0 Å². The quantitative estimate of drug-likeness (QED) is 0.736. The van der Waals surface area contributed by atoms with E-state index in [1.807, 2.05) is 0 Å². The monoisotopic (exact) mass is 279 g/mol. The molecule has 0 radical (unpaired) electrons. The summed E-state index contributed by atoms with van der Waals surface area (Å²) < 4.78 is 15.1. The fourth-order valence-corrected chi connectivity index (χ4v) is 1.63. The molecule has 0 amide bonds. The number of rotatable bonds is 7. The fraction of sp³-hybridized carbons (Fsp3) is 0.385. The lowest BCUT2D eigenvalue weighted by Gasteiger charge is -2.03. The van der Waals surface area contributed by atoms with Crippen molar-refractivity contribution in [2.45, 2.75) is 6.54 Å². The highest BCUT2D eigenvalue weighted by Crippen LogP contribution is 2.30. The highest BCUT2D eigenvalue weighted by atomic mass is 16.5. The number of aromatic hydroxyl groups is 1. The number of hydrogen-bond acceptors (Lipinski definition) is 7. The smallest absolute Gasteiger partial charge is 0.240 e. The molecule has 0 spiro atoms. The first kappa shape index (κ1) is 14.3. The Bertz CT molecular complexity index is 556. The third kappa shape index (κ3) is 3.46. The van der Waals surface area contributed by atoms with Gasteiger partial charge < -0.3 is 24.4 Å². The SMILES string of the molecule is COCCNCc1nc(-c2ccc(O)c(OC)c2)no1. The number of nitrogens with zero attached hydrogens (tertiary/aromatic N) is 2. The van der Waals surface area contributed by atoms with Gasteiger partial charge in [0, 0.05) is 19.2 Å². The van der Waals surface area contributed by atoms with Crippen molar-refractivity contribution in [1.29, 1.82) is 0 Å². The first-order valence-corrected chi connectivity index (χ1v) is 6.14. The third-order valence-corrected chi connectivity index (χ3v) is 2.67. The molecular weight excluding hydrogens is 262 g/mol. The van der Waals surface area contributed by atoms with Gasteiger partial charge in [-0.25, -0.2) is 0 Å². The molecule has 2 aromatic rings. The summed E-state index contributed by atoms with van der Waals surface area (Å²) in [6, 6.07) is 4.88. The minimum absolute atomic E-state index is 0.0706. The minimum atomic E-state index is 0.0706. The molecule has 0 fully saturated rings. The molecule has 1 heterocycles. The zero-order valence-electron chi connectivity index (χ0n) is 11.4. The average Bonchev–Trinajstić information content (AvgIpc) is 2.93. The number of nitrogens with one attached hydrogen (secondary N) is 1. The van der Waals surface area contributed by atoms with E-state index in [2.05, 4.69) is 15.5 Å². The highest BCUT2D eigenvalue weighted by molar-refractivity contribution is 5.60. The molecule has 0 atom stereocenters. The zero-order valence-corrected chi connectivity index (χ0v) is 11.4. The molecule has 2 N–H and O–H groups in total. The van der Waals surface area contributed by atoms with Crippen LogP contribution in [0, 0.1) is 0 Å². The number of aromatic nitrogens is 2. The maximum Gasteiger partial charge on any atom is 0.240 e. The van der Waals surface area contributed by atoms with E-state index in [9.17, 15) is 5.11 Å². The van der Waals surface area contributed by atoms with Crippen LogP contribution in [0.2, 0.25) is 0 Å². The molecule has 1 aromatic heterocycles. The standard InChI is InChI=1S/C13H17N3O4/c1-18-6-5-14-8-12-15-13(16-20-12)9-3-4-10(17)11(7-9)19-2/h3-4,7,14,17H,5-6,8H2,1-2H3. The summed E-state index contributed by atoms with van der Waals surface area (Å²) in [5, 5.41) is 16.6. The zero-order chi connectivity index (χ0) is 14.4. The van der Waals surface area contributed by atoms with E-state index in [0.717, 1.165) is 0 Å². The van der Waals surface area contributed by atoms with Crippen molar-refractivity contribution >= 4 is 0 Å². The Morgan fingerprint density at radius 1 is 1.35 bits per heavy atom. The highest BCUT2D eigenvalue weighted by Gasteiger charge is 2.11. The summed E-state index contributed by atoms with van der Waals surface area (Å²) in [7, 11) is 3.13. The molecule has 7 heteroatoms. The number of benzene rings is 1. The first-order valence-electron chi connectivity index (χ1n) is 6.14. The van der Waals surface area contributed by atoms with Crippen LogP contribution in [0.15, 0.2) is 22.7 Å². The van der Waals surface area contributed by atoms with Gasteiger partial charge in [0.05, 0.1) is 20.3 Å². The number of methoxy groups -OCH3 is 2. The fourth-order valence-electron chi connectivity index (χ4n) is 1.63. The number of phenols is 1. The van der Waals surface area contributed by atoms with Gasteiger partial charge in [0.15, 0.2) is 11.5 Å². The molecule has 0 aliphatic heterocycles.